The maximum absolute atomic E-state index is 14.3. The highest BCUT2D eigenvalue weighted by Crippen LogP contribution is 2.51. The van der Waals surface area contributed by atoms with Crippen molar-refractivity contribution in [3.8, 4) is 11.5 Å². The first kappa shape index (κ1) is 26.9. The van der Waals surface area contributed by atoms with E-state index in [1.807, 2.05) is 0 Å². The number of anilines is 1. The number of hydrogen-bond donors (Lipinski definition) is 1. The molecule has 35 heavy (non-hydrogen) atoms. The zero-order valence-electron chi connectivity index (χ0n) is 17.7. The number of benzene rings is 2. The van der Waals surface area contributed by atoms with Crippen LogP contribution in [0, 0.1) is 0 Å². The first-order valence-corrected chi connectivity index (χ1v) is 11.3. The lowest BCUT2D eigenvalue weighted by Gasteiger charge is -2.38. The summed E-state index contributed by atoms with van der Waals surface area (Å²) in [5, 5.41) is 10.6. The number of rotatable bonds is 5. The highest BCUT2D eigenvalue weighted by atomic mass is 35.5. The van der Waals surface area contributed by atoms with Crippen LogP contribution in [0.25, 0.3) is 0 Å². The molecule has 0 bridgehead atoms. The van der Waals surface area contributed by atoms with E-state index in [9.17, 15) is 44.7 Å². The number of amides is 1. The van der Waals surface area contributed by atoms with Crippen molar-refractivity contribution in [3.63, 3.8) is 0 Å². The van der Waals surface area contributed by atoms with Crippen LogP contribution in [-0.2, 0) is 20.5 Å². The SMILES string of the molecule is CC(c1cc(OS(=O)(=O)C(F)(F)F)ccc1Cl)C(O)(c1ccc2c(c1)N(C)C(=O)CO2)C(F)(F)F. The van der Waals surface area contributed by atoms with E-state index in [1.54, 1.807) is 0 Å². The Morgan fingerprint density at radius 2 is 1.74 bits per heavy atom. The molecule has 0 fully saturated rings. The predicted octanol–water partition coefficient (Wildman–Crippen LogP) is 4.48. The van der Waals surface area contributed by atoms with Crippen LogP contribution >= 0.6 is 11.6 Å². The molecule has 1 aliphatic heterocycles. The zero-order chi connectivity index (χ0) is 26.6. The van der Waals surface area contributed by atoms with Crippen LogP contribution in [0.4, 0.5) is 32.0 Å². The highest BCUT2D eigenvalue weighted by molar-refractivity contribution is 7.88. The Kier molecular flexibility index (Phi) is 6.72. The summed E-state index contributed by atoms with van der Waals surface area (Å²) in [6.07, 6.45) is -5.36. The van der Waals surface area contributed by atoms with E-state index >= 15 is 0 Å². The molecule has 0 saturated carbocycles. The number of hydrogen-bond acceptors (Lipinski definition) is 6. The second-order valence-electron chi connectivity index (χ2n) is 7.58. The molecule has 1 N–H and O–H groups in total. The van der Waals surface area contributed by atoms with Crippen molar-refractivity contribution in [2.75, 3.05) is 18.6 Å². The van der Waals surface area contributed by atoms with E-state index in [1.165, 1.54) is 7.05 Å². The van der Waals surface area contributed by atoms with Gasteiger partial charge in [-0.05, 0) is 41.5 Å². The molecular weight excluding hydrogens is 532 g/mol. The minimum atomic E-state index is -6.12. The molecule has 0 saturated heterocycles. The molecule has 0 aliphatic carbocycles. The average molecular weight is 548 g/mol. The number of aliphatic hydroxyl groups is 1. The van der Waals surface area contributed by atoms with Gasteiger partial charge < -0.3 is 18.9 Å². The lowest BCUT2D eigenvalue weighted by molar-refractivity contribution is -0.274. The van der Waals surface area contributed by atoms with Crippen LogP contribution in [0.15, 0.2) is 36.4 Å². The third kappa shape index (κ3) is 4.74. The van der Waals surface area contributed by atoms with Crippen molar-refractivity contribution in [2.45, 2.75) is 30.1 Å². The summed E-state index contributed by atoms with van der Waals surface area (Å²) in [7, 11) is -4.83. The Labute approximate surface area is 199 Å². The lowest BCUT2D eigenvalue weighted by atomic mass is 9.77. The van der Waals surface area contributed by atoms with Crippen LogP contribution in [0.1, 0.15) is 24.0 Å². The fourth-order valence-corrected chi connectivity index (χ4v) is 4.21. The molecule has 1 amide bonds. The van der Waals surface area contributed by atoms with Gasteiger partial charge in [0.25, 0.3) is 5.91 Å². The van der Waals surface area contributed by atoms with Crippen LogP contribution in [0.5, 0.6) is 11.5 Å². The summed E-state index contributed by atoms with van der Waals surface area (Å²) in [4.78, 5) is 12.9. The normalized spacial score (nSPS) is 17.3. The van der Waals surface area contributed by atoms with Gasteiger partial charge in [-0.2, -0.15) is 34.8 Å². The topological polar surface area (TPSA) is 93.1 Å². The maximum Gasteiger partial charge on any atom is 0.534 e. The summed E-state index contributed by atoms with van der Waals surface area (Å²) in [5.41, 5.74) is -10.8. The summed E-state index contributed by atoms with van der Waals surface area (Å²) in [5.74, 6) is -3.44. The van der Waals surface area contributed by atoms with E-state index in [4.69, 9.17) is 16.3 Å². The van der Waals surface area contributed by atoms with Gasteiger partial charge in [0.05, 0.1) is 5.69 Å². The molecule has 0 aromatic heterocycles. The van der Waals surface area contributed by atoms with E-state index < -0.39 is 61.1 Å². The zero-order valence-corrected chi connectivity index (χ0v) is 19.3. The minimum Gasteiger partial charge on any atom is -0.482 e. The highest BCUT2D eigenvalue weighted by Gasteiger charge is 2.59. The number of likely N-dealkylation sites (N-methyl/N-ethyl adjacent to an activating group) is 1. The molecule has 1 heterocycles. The van der Waals surface area contributed by atoms with Gasteiger partial charge in [0.15, 0.2) is 12.2 Å². The standard InChI is InChI=1S/C20H16ClF6NO6S/c1-10(13-8-12(4-5-14(13)21)34-35(31,32)20(25,26)27)18(30,19(22,23)24)11-3-6-16-15(7-11)28(2)17(29)9-33-16/h3-8,10,30H,9H2,1-2H3. The summed E-state index contributed by atoms with van der Waals surface area (Å²) >= 11 is 5.97. The van der Waals surface area contributed by atoms with E-state index in [0.29, 0.717) is 12.1 Å². The number of nitrogens with zero attached hydrogens (tertiary/aromatic N) is 1. The molecular formula is C20H16ClF6NO6S. The number of ether oxygens (including phenoxy) is 1. The van der Waals surface area contributed by atoms with Gasteiger partial charge in [0.1, 0.15) is 11.5 Å². The third-order valence-corrected chi connectivity index (χ3v) is 6.79. The molecule has 2 aromatic carbocycles. The number of halogens is 7. The minimum absolute atomic E-state index is 0.0620. The molecule has 0 radical (unpaired) electrons. The van der Waals surface area contributed by atoms with Gasteiger partial charge >= 0.3 is 21.8 Å². The van der Waals surface area contributed by atoms with Gasteiger partial charge in [-0.15, -0.1) is 0 Å². The number of alkyl halides is 6. The predicted molar refractivity (Wildman–Crippen MR) is 111 cm³/mol. The average Bonchev–Trinajstić information content (AvgIpc) is 2.74. The van der Waals surface area contributed by atoms with Crippen LogP contribution in [-0.4, -0.2) is 44.8 Å². The van der Waals surface area contributed by atoms with Crippen molar-refractivity contribution in [1.29, 1.82) is 0 Å². The van der Waals surface area contributed by atoms with Crippen molar-refractivity contribution in [3.05, 3.63) is 52.5 Å². The first-order chi connectivity index (χ1) is 15.9. The largest absolute Gasteiger partial charge is 0.534 e. The molecule has 7 nitrogen and oxygen atoms in total. The molecule has 1 aliphatic rings. The van der Waals surface area contributed by atoms with Crippen LogP contribution < -0.4 is 13.8 Å². The lowest BCUT2D eigenvalue weighted by Crippen LogP contribution is -2.47. The summed E-state index contributed by atoms with van der Waals surface area (Å²) in [6, 6.07) is 5.02. The van der Waals surface area contributed by atoms with E-state index in [-0.39, 0.29) is 18.0 Å². The number of carbonyl (C=O) groups is 1. The molecule has 2 unspecified atom stereocenters. The Morgan fingerprint density at radius 1 is 1.11 bits per heavy atom. The molecule has 192 valence electrons. The summed E-state index contributed by atoms with van der Waals surface area (Å²) in [6.45, 7) is 0.549. The fraction of sp³-hybridized carbons (Fsp3) is 0.350. The Hall–Kier alpha value is -2.71. The van der Waals surface area contributed by atoms with Crippen molar-refractivity contribution < 1.29 is 53.6 Å². The van der Waals surface area contributed by atoms with Gasteiger partial charge in [0, 0.05) is 18.0 Å². The smallest absolute Gasteiger partial charge is 0.482 e. The van der Waals surface area contributed by atoms with Crippen molar-refractivity contribution >= 4 is 33.3 Å². The quantitative estimate of drug-likeness (QED) is 0.337. The summed E-state index contributed by atoms with van der Waals surface area (Å²) < 4.78 is 113. The maximum atomic E-state index is 14.3. The van der Waals surface area contributed by atoms with Gasteiger partial charge in [-0.3, -0.25) is 4.79 Å². The molecule has 2 aromatic rings. The van der Waals surface area contributed by atoms with E-state index in [2.05, 4.69) is 4.18 Å². The monoisotopic (exact) mass is 547 g/mol. The Balaban J connectivity index is 2.13. The molecule has 2 atom stereocenters. The molecule has 3 rings (SSSR count). The van der Waals surface area contributed by atoms with Gasteiger partial charge in [-0.25, -0.2) is 0 Å². The van der Waals surface area contributed by atoms with Gasteiger partial charge in [-0.1, -0.05) is 24.6 Å². The number of carbonyl (C=O) groups excluding carboxylic acids is 1. The van der Waals surface area contributed by atoms with Crippen molar-refractivity contribution in [2.24, 2.45) is 0 Å². The number of fused-ring (bicyclic) bond motifs is 1. The Bertz CT molecular complexity index is 1270. The molecule has 0 spiro atoms. The second-order valence-corrected chi connectivity index (χ2v) is 9.52. The fourth-order valence-electron chi connectivity index (χ4n) is 3.47. The second kappa shape index (κ2) is 8.75. The third-order valence-electron chi connectivity index (χ3n) is 5.47. The van der Waals surface area contributed by atoms with Gasteiger partial charge in [0.2, 0.25) is 0 Å². The van der Waals surface area contributed by atoms with Crippen LogP contribution in [0.2, 0.25) is 5.02 Å². The first-order valence-electron chi connectivity index (χ1n) is 9.53. The van der Waals surface area contributed by atoms with Crippen molar-refractivity contribution in [1.82, 2.24) is 0 Å². The molecule has 15 heteroatoms. The van der Waals surface area contributed by atoms with E-state index in [0.717, 1.165) is 36.1 Å². The van der Waals surface area contributed by atoms with Crippen LogP contribution in [0.3, 0.4) is 0 Å². The Morgan fingerprint density at radius 3 is 2.31 bits per heavy atom.